The number of anilines is 2. The van der Waals surface area contributed by atoms with E-state index >= 15 is 0 Å². The van der Waals surface area contributed by atoms with Crippen LogP contribution in [0.2, 0.25) is 0 Å². The summed E-state index contributed by atoms with van der Waals surface area (Å²) in [6.07, 6.45) is -5.92. The Hall–Kier alpha value is -6.23. The molecule has 3 saturated heterocycles. The Morgan fingerprint density at radius 1 is 0.968 bits per heavy atom. The zero-order valence-electron chi connectivity index (χ0n) is 34.6. The van der Waals surface area contributed by atoms with Crippen molar-refractivity contribution in [3.63, 3.8) is 0 Å². The Morgan fingerprint density at radius 2 is 1.62 bits per heavy atom. The molecule has 7 N–H and O–H groups in total. The Balaban J connectivity index is 0.000000785. The van der Waals surface area contributed by atoms with E-state index in [1.165, 1.54) is 6.33 Å². The van der Waals surface area contributed by atoms with Gasteiger partial charge in [-0.25, -0.2) is 14.6 Å². The lowest BCUT2D eigenvalue weighted by atomic mass is 9.91. The topological polar surface area (TPSA) is 244 Å². The summed E-state index contributed by atoms with van der Waals surface area (Å²) < 4.78 is 56.0. The second kappa shape index (κ2) is 19.4. The molecule has 5 aromatic rings. The van der Waals surface area contributed by atoms with Gasteiger partial charge in [-0.15, -0.1) is 0 Å². The first-order valence-electron chi connectivity index (χ1n) is 20.3. The SMILES string of the molecule is CCc1cc([C@H]2O[C@@H](n3cnc4c(NCC(c5ccc(OC)cc5)c5ccc(OC)cc5)nc(N5CC[C@@H](NC(=O)N[C@@H]6CCNC6)C5)nc43)[C@H](O)[C@@H]2O)on1.O=C(O)C(F)(F)F. The average molecular weight is 883 g/mol. The van der Waals surface area contributed by atoms with Crippen molar-refractivity contribution in [1.29, 1.82) is 0 Å². The number of carboxylic acids is 1. The van der Waals surface area contributed by atoms with Gasteiger partial charge in [0.1, 0.15) is 29.8 Å². The molecule has 0 aliphatic carbocycles. The average Bonchev–Trinajstić information content (AvgIpc) is 4.14. The summed E-state index contributed by atoms with van der Waals surface area (Å²) in [5, 5.41) is 46.7. The zero-order chi connectivity index (χ0) is 44.8. The number of carbonyl (C=O) groups excluding carboxylic acids is 1. The minimum atomic E-state index is -5.08. The molecule has 0 unspecified atom stereocenters. The van der Waals surface area contributed by atoms with Crippen LogP contribution >= 0.6 is 0 Å². The normalized spacial score (nSPS) is 22.2. The predicted octanol–water partition coefficient (Wildman–Crippen LogP) is 3.50. The highest BCUT2D eigenvalue weighted by Gasteiger charge is 2.47. The number of rotatable bonds is 13. The number of amides is 2. The second-order valence-electron chi connectivity index (χ2n) is 15.2. The van der Waals surface area contributed by atoms with Gasteiger partial charge in [0.05, 0.1) is 26.2 Å². The number of aliphatic hydroxyl groups is 2. The number of hydrogen-bond acceptors (Lipinski definition) is 15. The number of nitrogens with one attached hydrogen (secondary N) is 4. The van der Waals surface area contributed by atoms with Gasteiger partial charge in [0.25, 0.3) is 0 Å². The molecule has 3 fully saturated rings. The van der Waals surface area contributed by atoms with Crippen LogP contribution in [0.25, 0.3) is 11.2 Å². The highest BCUT2D eigenvalue weighted by molar-refractivity contribution is 5.84. The largest absolute Gasteiger partial charge is 0.497 e. The van der Waals surface area contributed by atoms with Gasteiger partial charge in [-0.2, -0.15) is 23.1 Å². The van der Waals surface area contributed by atoms with E-state index in [-0.39, 0.29) is 24.0 Å². The summed E-state index contributed by atoms with van der Waals surface area (Å²) in [5.41, 5.74) is 3.68. The van der Waals surface area contributed by atoms with Crippen LogP contribution in [0.3, 0.4) is 0 Å². The first-order valence-corrected chi connectivity index (χ1v) is 20.3. The fourth-order valence-electron chi connectivity index (χ4n) is 7.66. The minimum absolute atomic E-state index is 0.107. The first-order chi connectivity index (χ1) is 30.3. The van der Waals surface area contributed by atoms with E-state index in [0.29, 0.717) is 66.9 Å². The van der Waals surface area contributed by atoms with Gasteiger partial charge in [-0.3, -0.25) is 4.57 Å². The molecule has 6 atom stereocenters. The molecule has 3 aromatic heterocycles. The first kappa shape index (κ1) is 44.8. The number of aryl methyl sites for hydroxylation is 1. The van der Waals surface area contributed by atoms with Crippen molar-refractivity contribution in [2.24, 2.45) is 0 Å². The number of carboxylic acid groups (broad SMARTS) is 1. The summed E-state index contributed by atoms with van der Waals surface area (Å²) in [6, 6.07) is 17.4. The van der Waals surface area contributed by atoms with Crippen LogP contribution in [-0.4, -0.2) is 129 Å². The van der Waals surface area contributed by atoms with Crippen LogP contribution in [0.15, 0.2) is 65.4 Å². The number of nitrogens with zero attached hydrogens (tertiary/aromatic N) is 6. The van der Waals surface area contributed by atoms with Crippen molar-refractivity contribution in [2.45, 2.75) is 74.9 Å². The fourth-order valence-corrected chi connectivity index (χ4v) is 7.66. The van der Waals surface area contributed by atoms with Gasteiger partial charge < -0.3 is 60.2 Å². The van der Waals surface area contributed by atoms with Crippen molar-refractivity contribution in [3.05, 3.63) is 83.5 Å². The Bertz CT molecular complexity index is 2280. The molecule has 19 nitrogen and oxygen atoms in total. The Labute approximate surface area is 358 Å². The summed E-state index contributed by atoms with van der Waals surface area (Å²) in [7, 11) is 3.28. The molecule has 0 bridgehead atoms. The van der Waals surface area contributed by atoms with Crippen molar-refractivity contribution >= 4 is 34.9 Å². The maximum Gasteiger partial charge on any atom is 0.490 e. The molecule has 22 heteroatoms. The summed E-state index contributed by atoms with van der Waals surface area (Å²) in [5.74, 6) is -0.130. The molecule has 63 heavy (non-hydrogen) atoms. The molecule has 2 aromatic carbocycles. The molecule has 338 valence electrons. The van der Waals surface area contributed by atoms with E-state index in [2.05, 4.69) is 26.4 Å². The summed E-state index contributed by atoms with van der Waals surface area (Å²) in [4.78, 5) is 38.5. The van der Waals surface area contributed by atoms with Crippen molar-refractivity contribution in [2.75, 3.05) is 57.2 Å². The molecular formula is C41H49F3N10O9. The number of urea groups is 1. The maximum atomic E-state index is 12.8. The summed E-state index contributed by atoms with van der Waals surface area (Å²) in [6.45, 7) is 5.12. The van der Waals surface area contributed by atoms with E-state index in [1.807, 2.05) is 60.4 Å². The zero-order valence-corrected chi connectivity index (χ0v) is 34.6. The van der Waals surface area contributed by atoms with Gasteiger partial charge in [-0.05, 0) is 61.2 Å². The highest BCUT2D eigenvalue weighted by atomic mass is 19.4. The summed E-state index contributed by atoms with van der Waals surface area (Å²) >= 11 is 0. The van der Waals surface area contributed by atoms with E-state index in [0.717, 1.165) is 42.1 Å². The predicted molar refractivity (Wildman–Crippen MR) is 220 cm³/mol. The Morgan fingerprint density at radius 3 is 2.19 bits per heavy atom. The van der Waals surface area contributed by atoms with Crippen molar-refractivity contribution in [3.8, 4) is 11.5 Å². The number of aliphatic carboxylic acids is 1. The Kier molecular flexibility index (Phi) is 13.8. The molecule has 3 aliphatic rings. The number of carbonyl (C=O) groups is 2. The molecule has 6 heterocycles. The molecule has 8 rings (SSSR count). The van der Waals surface area contributed by atoms with Crippen LogP contribution in [0.1, 0.15) is 60.6 Å². The minimum Gasteiger partial charge on any atom is -0.497 e. The number of halogens is 3. The lowest BCUT2D eigenvalue weighted by Crippen LogP contribution is -2.47. The van der Waals surface area contributed by atoms with Crippen LogP contribution in [0, 0.1) is 0 Å². The number of hydrogen-bond donors (Lipinski definition) is 7. The maximum absolute atomic E-state index is 12.8. The van der Waals surface area contributed by atoms with E-state index in [1.54, 1.807) is 24.9 Å². The fraction of sp³-hybridized carbons (Fsp3) is 0.463. The number of fused-ring (bicyclic) bond motifs is 1. The monoisotopic (exact) mass is 882 g/mol. The van der Waals surface area contributed by atoms with Gasteiger partial charge in [0, 0.05) is 50.2 Å². The number of alkyl halides is 3. The third kappa shape index (κ3) is 10.4. The molecule has 3 aliphatic heterocycles. The van der Waals surface area contributed by atoms with Crippen LogP contribution in [0.5, 0.6) is 11.5 Å². The number of aromatic nitrogens is 5. The van der Waals surface area contributed by atoms with Gasteiger partial charge >= 0.3 is 18.2 Å². The van der Waals surface area contributed by atoms with Crippen LogP contribution in [-0.2, 0) is 16.0 Å². The van der Waals surface area contributed by atoms with Crippen molar-refractivity contribution < 1.29 is 56.8 Å². The molecule has 2 amide bonds. The smallest absolute Gasteiger partial charge is 0.490 e. The number of benzene rings is 2. The molecule has 0 spiro atoms. The standard InChI is InChI=1S/C39H48N10O7.C2HF3O2/c1-4-24-17-30(56-47-24)34-32(50)33(51)37(55-34)49-21-42-31-35(41-19-29(22-5-9-27(53-2)10-6-22)23-7-11-28(54-3)12-8-23)45-38(46-36(31)49)48-16-14-26(20-48)44-39(52)43-25-13-15-40-18-25;3-2(4,5)1(6)7/h5-12,17,21,25-26,29,32-34,37,40,50-51H,4,13-16,18-20H2,1-3H3,(H,41,45,46)(H2,43,44,52);(H,6,7)/t25-,26-,32+,33-,34-,37-;/m1./s1. The third-order valence-electron chi connectivity index (χ3n) is 11.1. The number of methoxy groups -OCH3 is 2. The van der Waals surface area contributed by atoms with Gasteiger partial charge in [0.2, 0.25) is 5.95 Å². The van der Waals surface area contributed by atoms with Crippen LogP contribution < -0.4 is 35.6 Å². The number of aliphatic hydroxyl groups excluding tert-OH is 2. The second-order valence-corrected chi connectivity index (χ2v) is 15.2. The highest BCUT2D eigenvalue weighted by Crippen LogP contribution is 2.41. The number of ether oxygens (including phenoxy) is 3. The van der Waals surface area contributed by atoms with E-state index in [4.69, 9.17) is 43.6 Å². The molecule has 0 radical (unpaired) electrons. The van der Waals surface area contributed by atoms with E-state index < -0.39 is 36.7 Å². The quantitative estimate of drug-likeness (QED) is 0.0895. The molecule has 0 saturated carbocycles. The lowest BCUT2D eigenvalue weighted by molar-refractivity contribution is -0.192. The van der Waals surface area contributed by atoms with Gasteiger partial charge in [0.15, 0.2) is 29.0 Å². The van der Waals surface area contributed by atoms with Crippen LogP contribution in [0.4, 0.5) is 29.7 Å². The van der Waals surface area contributed by atoms with Gasteiger partial charge in [-0.1, -0.05) is 36.3 Å². The number of imidazole rings is 1. The van der Waals surface area contributed by atoms with E-state index in [9.17, 15) is 28.2 Å². The lowest BCUT2D eigenvalue weighted by Gasteiger charge is -2.22. The molecular weight excluding hydrogens is 834 g/mol. The third-order valence-corrected chi connectivity index (χ3v) is 11.1. The van der Waals surface area contributed by atoms with Crippen molar-refractivity contribution in [1.82, 2.24) is 40.6 Å².